The first-order valence-electron chi connectivity index (χ1n) is 34.8. The minimum Gasteiger partial charge on any atom is -0.394 e. The molecule has 0 radical (unpaired) electrons. The number of nitrogens with one attached hydrogen (secondary N) is 1. The smallest absolute Gasteiger partial charge is 0.220 e. The van der Waals surface area contributed by atoms with E-state index >= 15 is 0 Å². The number of carbonyl (C=O) groups excluding carboxylic acids is 1. The van der Waals surface area contributed by atoms with Crippen molar-refractivity contribution in [3.05, 3.63) is 85.1 Å². The maximum absolute atomic E-state index is 13.4. The molecule has 0 spiro atoms. The largest absolute Gasteiger partial charge is 0.394 e. The summed E-state index contributed by atoms with van der Waals surface area (Å²) in [5.74, 6) is -0.315. The quantitative estimate of drug-likeness (QED) is 0.0200. The SMILES string of the molecule is CC/C=C\C/C=C\C/C=C\C/C=C\CCCCCCC(=O)NC(COC1OC(CO)C(OC2OC(CO)C(OC3OC(CO)C(O)C(O)C3O)C(O)C2O)C(O)C1O)C(O)/C=C/CC/C=C/CC/C=C/CCCCCCCCCCCCCCCCCCCC. The summed E-state index contributed by atoms with van der Waals surface area (Å²) in [6, 6.07) is -1.02. The van der Waals surface area contributed by atoms with Gasteiger partial charge in [0.15, 0.2) is 18.9 Å². The second-order valence-corrected chi connectivity index (χ2v) is 24.6. The van der Waals surface area contributed by atoms with Gasteiger partial charge in [-0.3, -0.25) is 4.79 Å². The van der Waals surface area contributed by atoms with Gasteiger partial charge in [0.1, 0.15) is 73.2 Å². The van der Waals surface area contributed by atoms with Crippen molar-refractivity contribution < 1.29 is 89.4 Å². The number of hydrogen-bond donors (Lipinski definition) is 12. The molecule has 0 saturated carbocycles. The molecule has 3 saturated heterocycles. The van der Waals surface area contributed by atoms with Crippen LogP contribution in [0.1, 0.15) is 226 Å². The third-order valence-corrected chi connectivity index (χ3v) is 16.9. The van der Waals surface area contributed by atoms with E-state index in [9.17, 15) is 61.0 Å². The molecule has 12 N–H and O–H groups in total. The van der Waals surface area contributed by atoms with E-state index in [0.717, 1.165) is 77.0 Å². The first kappa shape index (κ1) is 81.2. The summed E-state index contributed by atoms with van der Waals surface area (Å²) in [6.07, 6.45) is 40.0. The second kappa shape index (κ2) is 52.3. The molecule has 3 fully saturated rings. The minimum atomic E-state index is -1.99. The number of aliphatic hydroxyl groups is 11. The first-order valence-corrected chi connectivity index (χ1v) is 34.8. The van der Waals surface area contributed by atoms with Gasteiger partial charge in [0.25, 0.3) is 0 Å². The lowest BCUT2D eigenvalue weighted by atomic mass is 9.96. The van der Waals surface area contributed by atoms with Crippen molar-refractivity contribution in [2.24, 2.45) is 0 Å². The van der Waals surface area contributed by atoms with E-state index < -0.39 is 124 Å². The number of amides is 1. The van der Waals surface area contributed by atoms with E-state index in [1.807, 2.05) is 6.08 Å². The molecule has 0 aromatic rings. The molecule has 90 heavy (non-hydrogen) atoms. The highest BCUT2D eigenvalue weighted by molar-refractivity contribution is 5.76. The van der Waals surface area contributed by atoms with Gasteiger partial charge in [-0.05, 0) is 83.5 Å². The van der Waals surface area contributed by atoms with Crippen LogP contribution in [0.2, 0.25) is 0 Å². The molecule has 0 bridgehead atoms. The van der Waals surface area contributed by atoms with Crippen LogP contribution in [-0.2, 0) is 33.2 Å². The molecule has 3 heterocycles. The fourth-order valence-corrected chi connectivity index (χ4v) is 11.3. The first-order chi connectivity index (χ1) is 43.8. The van der Waals surface area contributed by atoms with Gasteiger partial charge in [0.2, 0.25) is 5.91 Å². The van der Waals surface area contributed by atoms with Gasteiger partial charge in [0, 0.05) is 6.42 Å². The number of carbonyl (C=O) groups is 1. The Balaban J connectivity index is 1.45. The van der Waals surface area contributed by atoms with Crippen molar-refractivity contribution in [1.29, 1.82) is 0 Å². The molecule has 3 rings (SSSR count). The average molecular weight is 1280 g/mol. The Labute approximate surface area is 540 Å². The van der Waals surface area contributed by atoms with Crippen LogP contribution in [0.3, 0.4) is 0 Å². The second-order valence-electron chi connectivity index (χ2n) is 24.6. The van der Waals surface area contributed by atoms with Crippen LogP contribution in [0.25, 0.3) is 0 Å². The van der Waals surface area contributed by atoms with E-state index in [2.05, 4.69) is 92.1 Å². The van der Waals surface area contributed by atoms with E-state index in [0.29, 0.717) is 12.8 Å². The van der Waals surface area contributed by atoms with Crippen LogP contribution in [0.15, 0.2) is 85.1 Å². The number of rotatable bonds is 52. The van der Waals surface area contributed by atoms with Gasteiger partial charge in [-0.15, -0.1) is 0 Å². The van der Waals surface area contributed by atoms with Crippen molar-refractivity contribution in [3.63, 3.8) is 0 Å². The van der Waals surface area contributed by atoms with Crippen molar-refractivity contribution in [3.8, 4) is 0 Å². The summed E-state index contributed by atoms with van der Waals surface area (Å²) in [6.45, 7) is 1.57. The fraction of sp³-hybridized carbons (Fsp3) is 0.789. The average Bonchev–Trinajstić information content (AvgIpc) is 0.847. The lowest BCUT2D eigenvalue weighted by molar-refractivity contribution is -0.379. The van der Waals surface area contributed by atoms with Gasteiger partial charge >= 0.3 is 0 Å². The normalized spacial score (nSPS) is 28.6. The van der Waals surface area contributed by atoms with E-state index in [1.165, 1.54) is 116 Å². The van der Waals surface area contributed by atoms with Gasteiger partial charge in [-0.25, -0.2) is 0 Å². The molecule has 1 amide bonds. The predicted molar refractivity (Wildman–Crippen MR) is 351 cm³/mol. The van der Waals surface area contributed by atoms with Crippen molar-refractivity contribution in [2.75, 3.05) is 26.4 Å². The van der Waals surface area contributed by atoms with Crippen LogP contribution < -0.4 is 5.32 Å². The number of ether oxygens (including phenoxy) is 6. The van der Waals surface area contributed by atoms with Crippen LogP contribution >= 0.6 is 0 Å². The molecule has 17 atom stereocenters. The summed E-state index contributed by atoms with van der Waals surface area (Å²) >= 11 is 0. The van der Waals surface area contributed by atoms with Crippen molar-refractivity contribution in [2.45, 2.75) is 330 Å². The molecule has 520 valence electrons. The molecular formula is C71H123NO18. The Bertz CT molecular complexity index is 1960. The third-order valence-electron chi connectivity index (χ3n) is 16.9. The number of unbranched alkanes of at least 4 members (excludes halogenated alkanes) is 24. The van der Waals surface area contributed by atoms with Gasteiger partial charge in [-0.2, -0.15) is 0 Å². The standard InChI is InChI=1S/C71H123NO18/c1-3-5-7-9-11-13-15-17-19-21-22-23-24-25-26-27-28-29-30-31-33-34-36-38-40-42-44-46-48-55(76)54(72-59(77)49-47-45-43-41-39-37-35-32-20-18-16-14-12-10-8-6-4-2)53-85-69-65(83)62(80)67(57(51-74)87-69)90-71-66(84)63(81)68(58(52-75)88-71)89-70-64(82)61(79)60(78)56(50-73)86-70/h6,8,12,14,18,20,31,33,35,37-38,40,46,48,54-58,60-71,73-76,78-84H,3-5,7,9-11,13,15-17,19,21-30,32,34,36,39,41-45,47,49-53H2,1-2H3,(H,72,77)/b8-6-,14-12-,20-18-,33-31+,37-35-,40-38+,48-46+. The maximum atomic E-state index is 13.4. The highest BCUT2D eigenvalue weighted by Gasteiger charge is 2.53. The molecule has 3 aliphatic rings. The van der Waals surface area contributed by atoms with Crippen LogP contribution in [0.4, 0.5) is 0 Å². The highest BCUT2D eigenvalue weighted by atomic mass is 16.8. The molecule has 19 nitrogen and oxygen atoms in total. The highest BCUT2D eigenvalue weighted by Crippen LogP contribution is 2.33. The minimum absolute atomic E-state index is 0.199. The van der Waals surface area contributed by atoms with Gasteiger partial charge < -0.3 is 89.9 Å². The number of aliphatic hydroxyl groups excluding tert-OH is 11. The molecule has 0 aromatic heterocycles. The number of hydrogen-bond acceptors (Lipinski definition) is 18. The predicted octanol–water partition coefficient (Wildman–Crippen LogP) is 9.10. The zero-order valence-electron chi connectivity index (χ0n) is 54.8. The fourth-order valence-electron chi connectivity index (χ4n) is 11.3. The third kappa shape index (κ3) is 33.9. The van der Waals surface area contributed by atoms with Crippen molar-refractivity contribution in [1.82, 2.24) is 5.32 Å². The molecule has 17 unspecified atom stereocenters. The van der Waals surface area contributed by atoms with E-state index in [-0.39, 0.29) is 18.9 Å². The van der Waals surface area contributed by atoms with E-state index in [1.54, 1.807) is 6.08 Å². The van der Waals surface area contributed by atoms with Crippen molar-refractivity contribution >= 4 is 5.91 Å². The molecular weight excluding hydrogens is 1150 g/mol. The van der Waals surface area contributed by atoms with E-state index in [4.69, 9.17) is 28.4 Å². The zero-order valence-corrected chi connectivity index (χ0v) is 54.8. The number of allylic oxidation sites excluding steroid dienone is 13. The molecule has 0 aliphatic carbocycles. The molecule has 0 aromatic carbocycles. The molecule has 3 aliphatic heterocycles. The summed E-state index contributed by atoms with van der Waals surface area (Å²) in [5, 5.41) is 120. The van der Waals surface area contributed by atoms with Crippen LogP contribution in [-0.4, -0.2) is 193 Å². The van der Waals surface area contributed by atoms with Gasteiger partial charge in [0.05, 0.1) is 38.6 Å². The van der Waals surface area contributed by atoms with Crippen LogP contribution in [0, 0.1) is 0 Å². The maximum Gasteiger partial charge on any atom is 0.220 e. The lowest BCUT2D eigenvalue weighted by Gasteiger charge is -2.48. The Morgan fingerprint density at radius 1 is 0.411 bits per heavy atom. The summed E-state index contributed by atoms with van der Waals surface area (Å²) in [4.78, 5) is 13.4. The monoisotopic (exact) mass is 1280 g/mol. The summed E-state index contributed by atoms with van der Waals surface area (Å²) < 4.78 is 34.3. The summed E-state index contributed by atoms with van der Waals surface area (Å²) in [7, 11) is 0. The topological polar surface area (TPSA) is 307 Å². The molecule has 19 heteroatoms. The Hall–Kier alpha value is -3.03. The Morgan fingerprint density at radius 3 is 1.24 bits per heavy atom. The van der Waals surface area contributed by atoms with Crippen LogP contribution in [0.5, 0.6) is 0 Å². The Morgan fingerprint density at radius 2 is 0.778 bits per heavy atom. The lowest BCUT2D eigenvalue weighted by Crippen LogP contribution is -2.66. The zero-order chi connectivity index (χ0) is 65.4. The Kier molecular flexibility index (Phi) is 47.2. The van der Waals surface area contributed by atoms with Gasteiger partial charge in [-0.1, -0.05) is 221 Å². The summed E-state index contributed by atoms with van der Waals surface area (Å²) in [5.41, 5.74) is 0.